The maximum atomic E-state index is 6.05. The lowest BCUT2D eigenvalue weighted by molar-refractivity contribution is 0.194. The molecule has 1 aromatic carbocycles. The molecule has 2 heterocycles. The Morgan fingerprint density at radius 1 is 1.29 bits per heavy atom. The van der Waals surface area contributed by atoms with E-state index in [4.69, 9.17) is 16.7 Å². The molecule has 2 aromatic rings. The molecule has 0 atom stereocenters. The normalized spacial score (nSPS) is 27.6. The summed E-state index contributed by atoms with van der Waals surface area (Å²) in [6.07, 6.45) is 3.49. The molecule has 4 heteroatoms. The Morgan fingerprint density at radius 2 is 2.05 bits per heavy atom. The minimum absolute atomic E-state index is 0.0794. The van der Waals surface area contributed by atoms with Crippen LogP contribution in [0.2, 0.25) is 5.02 Å². The number of nitrogens with zero attached hydrogens (tertiary/aromatic N) is 2. The van der Waals surface area contributed by atoms with E-state index in [1.165, 1.54) is 29.9 Å². The summed E-state index contributed by atoms with van der Waals surface area (Å²) in [5.74, 6) is 1.93. The van der Waals surface area contributed by atoms with Crippen molar-refractivity contribution in [3.8, 4) is 0 Å². The SMILES string of the molecule is CC1CC(c2ccc(Cl)cc2)(c2cc3n(n2)CCCN3)C1. The predicted octanol–water partition coefficient (Wildman–Crippen LogP) is 4.07. The lowest BCUT2D eigenvalue weighted by atomic mass is 9.57. The van der Waals surface area contributed by atoms with E-state index in [2.05, 4.69) is 35.1 Å². The zero-order chi connectivity index (χ0) is 14.4. The second-order valence-corrected chi connectivity index (χ2v) is 6.96. The van der Waals surface area contributed by atoms with Crippen LogP contribution in [0.4, 0.5) is 5.82 Å². The number of nitrogens with one attached hydrogen (secondary N) is 1. The quantitative estimate of drug-likeness (QED) is 0.906. The second-order valence-electron chi connectivity index (χ2n) is 6.52. The number of anilines is 1. The number of fused-ring (bicyclic) bond motifs is 1. The van der Waals surface area contributed by atoms with Crippen molar-refractivity contribution >= 4 is 17.4 Å². The Kier molecular flexibility index (Phi) is 3.00. The van der Waals surface area contributed by atoms with Gasteiger partial charge >= 0.3 is 0 Å². The third-order valence-corrected chi connectivity index (χ3v) is 5.17. The first-order valence-corrected chi connectivity index (χ1v) is 8.13. The van der Waals surface area contributed by atoms with Gasteiger partial charge in [-0.1, -0.05) is 30.7 Å². The average Bonchev–Trinajstić information content (AvgIpc) is 2.88. The van der Waals surface area contributed by atoms with E-state index in [1.54, 1.807) is 0 Å². The van der Waals surface area contributed by atoms with Gasteiger partial charge in [0.05, 0.1) is 5.69 Å². The number of aromatic nitrogens is 2. The molecule has 3 nitrogen and oxygen atoms in total. The fourth-order valence-electron chi connectivity index (χ4n) is 3.90. The van der Waals surface area contributed by atoms with Crippen LogP contribution in [0, 0.1) is 5.92 Å². The van der Waals surface area contributed by atoms with Gasteiger partial charge in [0.25, 0.3) is 0 Å². The zero-order valence-electron chi connectivity index (χ0n) is 12.3. The maximum absolute atomic E-state index is 6.05. The van der Waals surface area contributed by atoms with Gasteiger partial charge in [0.2, 0.25) is 0 Å². The summed E-state index contributed by atoms with van der Waals surface area (Å²) in [6, 6.07) is 10.6. The van der Waals surface area contributed by atoms with Crippen molar-refractivity contribution < 1.29 is 0 Å². The van der Waals surface area contributed by atoms with Gasteiger partial charge in [-0.3, -0.25) is 0 Å². The standard InChI is InChI=1S/C17H20ClN3/c1-12-10-17(11-12,13-3-5-14(18)6-4-13)15-9-16-19-7-2-8-21(16)20-15/h3-6,9,12,19H,2,7-8,10-11H2,1H3. The molecule has 1 fully saturated rings. The van der Waals surface area contributed by atoms with E-state index in [9.17, 15) is 0 Å². The number of hydrogen-bond acceptors (Lipinski definition) is 2. The van der Waals surface area contributed by atoms with Crippen molar-refractivity contribution in [3.05, 3.63) is 46.6 Å². The van der Waals surface area contributed by atoms with Crippen molar-refractivity contribution in [1.29, 1.82) is 0 Å². The summed E-state index contributed by atoms with van der Waals surface area (Å²) >= 11 is 6.05. The number of halogens is 1. The summed E-state index contributed by atoms with van der Waals surface area (Å²) in [7, 11) is 0. The second kappa shape index (κ2) is 4.77. The van der Waals surface area contributed by atoms with Crippen molar-refractivity contribution in [3.63, 3.8) is 0 Å². The molecule has 0 radical (unpaired) electrons. The lowest BCUT2D eigenvalue weighted by Crippen LogP contribution is -2.41. The summed E-state index contributed by atoms with van der Waals surface area (Å²) in [5, 5.41) is 9.15. The smallest absolute Gasteiger partial charge is 0.124 e. The molecule has 0 saturated heterocycles. The number of rotatable bonds is 2. The highest BCUT2D eigenvalue weighted by Gasteiger charge is 2.47. The van der Waals surface area contributed by atoms with Crippen LogP contribution >= 0.6 is 11.6 Å². The fourth-order valence-corrected chi connectivity index (χ4v) is 4.03. The Balaban J connectivity index is 1.77. The lowest BCUT2D eigenvalue weighted by Gasteiger charge is -2.46. The maximum Gasteiger partial charge on any atom is 0.124 e. The van der Waals surface area contributed by atoms with Gasteiger partial charge in [0, 0.05) is 29.6 Å². The molecule has 110 valence electrons. The molecule has 1 aromatic heterocycles. The van der Waals surface area contributed by atoms with Crippen LogP contribution in [-0.2, 0) is 12.0 Å². The molecular formula is C17H20ClN3. The Morgan fingerprint density at radius 3 is 2.71 bits per heavy atom. The number of benzene rings is 1. The molecule has 1 saturated carbocycles. The molecule has 0 amide bonds. The monoisotopic (exact) mass is 301 g/mol. The van der Waals surface area contributed by atoms with Gasteiger partial charge in [-0.2, -0.15) is 5.10 Å². The van der Waals surface area contributed by atoms with Crippen molar-refractivity contribution in [2.45, 2.75) is 38.1 Å². The minimum Gasteiger partial charge on any atom is -0.370 e. The van der Waals surface area contributed by atoms with Crippen LogP contribution in [0.15, 0.2) is 30.3 Å². The van der Waals surface area contributed by atoms with E-state index in [1.807, 2.05) is 12.1 Å². The van der Waals surface area contributed by atoms with Crippen molar-refractivity contribution in [2.75, 3.05) is 11.9 Å². The molecule has 0 unspecified atom stereocenters. The molecule has 1 N–H and O–H groups in total. The minimum atomic E-state index is 0.0794. The van der Waals surface area contributed by atoms with Crippen LogP contribution < -0.4 is 5.32 Å². The summed E-state index contributed by atoms with van der Waals surface area (Å²) in [5.41, 5.74) is 2.64. The van der Waals surface area contributed by atoms with E-state index in [0.717, 1.165) is 30.5 Å². The van der Waals surface area contributed by atoms with Crippen LogP contribution in [0.25, 0.3) is 0 Å². The number of hydrogen-bond donors (Lipinski definition) is 1. The molecule has 0 bridgehead atoms. The first kappa shape index (κ1) is 13.2. The molecule has 1 aliphatic carbocycles. The van der Waals surface area contributed by atoms with Crippen LogP contribution in [-0.4, -0.2) is 16.3 Å². The van der Waals surface area contributed by atoms with E-state index < -0.39 is 0 Å². The first-order valence-electron chi connectivity index (χ1n) is 7.76. The molecule has 21 heavy (non-hydrogen) atoms. The first-order chi connectivity index (χ1) is 10.2. The highest BCUT2D eigenvalue weighted by molar-refractivity contribution is 6.30. The van der Waals surface area contributed by atoms with Gasteiger partial charge in [-0.15, -0.1) is 0 Å². The Bertz CT molecular complexity index is 630. The summed E-state index contributed by atoms with van der Waals surface area (Å²) in [6.45, 7) is 4.40. The van der Waals surface area contributed by atoms with E-state index in [-0.39, 0.29) is 5.41 Å². The molecule has 1 aliphatic heterocycles. The van der Waals surface area contributed by atoms with Gasteiger partial charge in [-0.25, -0.2) is 4.68 Å². The van der Waals surface area contributed by atoms with Crippen molar-refractivity contribution in [1.82, 2.24) is 9.78 Å². The topological polar surface area (TPSA) is 29.9 Å². The van der Waals surface area contributed by atoms with E-state index >= 15 is 0 Å². The van der Waals surface area contributed by atoms with Gasteiger partial charge < -0.3 is 5.32 Å². The fraction of sp³-hybridized carbons (Fsp3) is 0.471. The predicted molar refractivity (Wildman–Crippen MR) is 86.0 cm³/mol. The average molecular weight is 302 g/mol. The summed E-state index contributed by atoms with van der Waals surface area (Å²) < 4.78 is 2.12. The van der Waals surface area contributed by atoms with Crippen LogP contribution in [0.1, 0.15) is 37.4 Å². The number of aryl methyl sites for hydroxylation is 1. The Labute approximate surface area is 130 Å². The third-order valence-electron chi connectivity index (χ3n) is 4.91. The zero-order valence-corrected chi connectivity index (χ0v) is 13.0. The summed E-state index contributed by atoms with van der Waals surface area (Å²) in [4.78, 5) is 0. The van der Waals surface area contributed by atoms with Crippen molar-refractivity contribution in [2.24, 2.45) is 5.92 Å². The van der Waals surface area contributed by atoms with E-state index in [0.29, 0.717) is 0 Å². The largest absolute Gasteiger partial charge is 0.370 e. The molecular weight excluding hydrogens is 282 g/mol. The Hall–Kier alpha value is -1.48. The van der Waals surface area contributed by atoms with Crippen LogP contribution in [0.5, 0.6) is 0 Å². The molecule has 0 spiro atoms. The van der Waals surface area contributed by atoms with Gasteiger partial charge in [0.15, 0.2) is 0 Å². The highest BCUT2D eigenvalue weighted by atomic mass is 35.5. The van der Waals surface area contributed by atoms with Gasteiger partial charge in [-0.05, 0) is 42.9 Å². The third kappa shape index (κ3) is 2.06. The molecule has 2 aliphatic rings. The van der Waals surface area contributed by atoms with Gasteiger partial charge in [0.1, 0.15) is 5.82 Å². The van der Waals surface area contributed by atoms with Crippen LogP contribution in [0.3, 0.4) is 0 Å². The highest BCUT2D eigenvalue weighted by Crippen LogP contribution is 2.52. The molecule has 4 rings (SSSR count).